The van der Waals surface area contributed by atoms with Crippen LogP contribution >= 0.6 is 11.8 Å². The van der Waals surface area contributed by atoms with Crippen LogP contribution in [0.5, 0.6) is 0 Å². The van der Waals surface area contributed by atoms with E-state index in [-0.39, 0.29) is 12.1 Å². The van der Waals surface area contributed by atoms with Crippen LogP contribution in [-0.4, -0.2) is 57.2 Å². The molecule has 0 spiro atoms. The van der Waals surface area contributed by atoms with E-state index in [1.54, 1.807) is 0 Å². The number of hydrogen-bond acceptors (Lipinski definition) is 3. The first-order chi connectivity index (χ1) is 9.42. The lowest BCUT2D eigenvalue weighted by atomic mass is 10.1. The van der Waals surface area contributed by atoms with Crippen LogP contribution in [0.4, 0.5) is 4.79 Å². The summed E-state index contributed by atoms with van der Waals surface area (Å²) in [5.41, 5.74) is 0. The first kappa shape index (κ1) is 17.1. The van der Waals surface area contributed by atoms with Crippen LogP contribution in [-0.2, 0) is 4.79 Å². The van der Waals surface area contributed by atoms with Gasteiger partial charge in [0, 0.05) is 18.3 Å². The van der Waals surface area contributed by atoms with Gasteiger partial charge in [-0.25, -0.2) is 9.59 Å². The molecule has 1 fully saturated rings. The summed E-state index contributed by atoms with van der Waals surface area (Å²) in [7, 11) is 0. The molecule has 5 nitrogen and oxygen atoms in total. The van der Waals surface area contributed by atoms with Crippen molar-refractivity contribution in [1.29, 1.82) is 0 Å². The Hall–Kier alpha value is -0.910. The van der Waals surface area contributed by atoms with E-state index >= 15 is 0 Å². The first-order valence-corrected chi connectivity index (χ1v) is 8.45. The van der Waals surface area contributed by atoms with Crippen molar-refractivity contribution < 1.29 is 14.7 Å². The van der Waals surface area contributed by atoms with Gasteiger partial charge in [-0.15, -0.1) is 11.8 Å². The molecule has 1 aliphatic heterocycles. The molecule has 1 unspecified atom stereocenters. The van der Waals surface area contributed by atoms with Crippen LogP contribution in [0.2, 0.25) is 0 Å². The van der Waals surface area contributed by atoms with Gasteiger partial charge in [-0.1, -0.05) is 27.7 Å². The smallest absolute Gasteiger partial charge is 0.327 e. The number of carbonyl (C=O) groups excluding carboxylic acids is 1. The van der Waals surface area contributed by atoms with E-state index in [0.717, 1.165) is 12.8 Å². The van der Waals surface area contributed by atoms with Crippen LogP contribution < -0.4 is 0 Å². The van der Waals surface area contributed by atoms with Gasteiger partial charge >= 0.3 is 12.0 Å². The molecule has 116 valence electrons. The molecule has 0 bridgehead atoms. The summed E-state index contributed by atoms with van der Waals surface area (Å²) in [6.07, 6.45) is 1.79. The van der Waals surface area contributed by atoms with Gasteiger partial charge in [0.15, 0.2) is 0 Å². The van der Waals surface area contributed by atoms with Crippen LogP contribution in [0, 0.1) is 5.92 Å². The lowest BCUT2D eigenvalue weighted by molar-refractivity contribution is -0.141. The molecular formula is C14H26N2O3S. The van der Waals surface area contributed by atoms with E-state index < -0.39 is 12.0 Å². The second-order valence-electron chi connectivity index (χ2n) is 5.62. The SMILES string of the molecule is CCC(CC)N(CC(C)C)C(=O)N1CSCC1C(=O)O. The van der Waals surface area contributed by atoms with Crippen molar-refractivity contribution in [2.75, 3.05) is 18.2 Å². The highest BCUT2D eigenvalue weighted by atomic mass is 32.2. The van der Waals surface area contributed by atoms with E-state index in [2.05, 4.69) is 27.7 Å². The Morgan fingerprint density at radius 1 is 1.35 bits per heavy atom. The molecule has 2 amide bonds. The molecule has 1 heterocycles. The normalized spacial score (nSPS) is 18.9. The second-order valence-corrected chi connectivity index (χ2v) is 6.62. The highest BCUT2D eigenvalue weighted by molar-refractivity contribution is 7.99. The Balaban J connectivity index is 2.89. The van der Waals surface area contributed by atoms with Crippen LogP contribution in [0.3, 0.4) is 0 Å². The summed E-state index contributed by atoms with van der Waals surface area (Å²) >= 11 is 1.51. The maximum Gasteiger partial charge on any atom is 0.327 e. The van der Waals surface area contributed by atoms with Crippen molar-refractivity contribution >= 4 is 23.8 Å². The Kier molecular flexibility index (Phi) is 6.65. The van der Waals surface area contributed by atoms with Crippen molar-refractivity contribution in [2.45, 2.75) is 52.6 Å². The zero-order valence-electron chi connectivity index (χ0n) is 12.8. The zero-order chi connectivity index (χ0) is 15.3. The van der Waals surface area contributed by atoms with Gasteiger partial charge in [0.1, 0.15) is 6.04 Å². The van der Waals surface area contributed by atoms with E-state index in [0.29, 0.717) is 24.1 Å². The van der Waals surface area contributed by atoms with Crippen molar-refractivity contribution in [3.05, 3.63) is 0 Å². The molecule has 0 aromatic rings. The summed E-state index contributed by atoms with van der Waals surface area (Å²) < 4.78 is 0. The number of nitrogens with zero attached hydrogens (tertiary/aromatic N) is 2. The Morgan fingerprint density at radius 3 is 2.40 bits per heavy atom. The molecular weight excluding hydrogens is 276 g/mol. The largest absolute Gasteiger partial charge is 0.480 e. The summed E-state index contributed by atoms with van der Waals surface area (Å²) in [5.74, 6) is 0.430. The molecule has 0 saturated carbocycles. The zero-order valence-corrected chi connectivity index (χ0v) is 13.7. The van der Waals surface area contributed by atoms with Gasteiger partial charge in [-0.2, -0.15) is 0 Å². The van der Waals surface area contributed by atoms with Crippen LogP contribution in [0.15, 0.2) is 0 Å². The summed E-state index contributed by atoms with van der Waals surface area (Å²) in [6.45, 7) is 8.98. The number of carboxylic acids is 1. The van der Waals surface area contributed by atoms with Gasteiger partial charge < -0.3 is 14.9 Å². The van der Waals surface area contributed by atoms with Crippen molar-refractivity contribution in [3.8, 4) is 0 Å². The topological polar surface area (TPSA) is 60.9 Å². The number of hydrogen-bond donors (Lipinski definition) is 1. The van der Waals surface area contributed by atoms with Crippen LogP contribution in [0.1, 0.15) is 40.5 Å². The fraction of sp³-hybridized carbons (Fsp3) is 0.857. The van der Waals surface area contributed by atoms with Gasteiger partial charge in [0.25, 0.3) is 0 Å². The molecule has 1 atom stereocenters. The number of carbonyl (C=O) groups is 2. The third-order valence-electron chi connectivity index (χ3n) is 3.60. The number of carboxylic acid groups (broad SMARTS) is 1. The highest BCUT2D eigenvalue weighted by Crippen LogP contribution is 2.24. The average Bonchev–Trinajstić information content (AvgIpc) is 2.87. The number of rotatable bonds is 6. The van der Waals surface area contributed by atoms with Crippen molar-refractivity contribution in [3.63, 3.8) is 0 Å². The third-order valence-corrected chi connectivity index (χ3v) is 4.62. The lowest BCUT2D eigenvalue weighted by Gasteiger charge is -2.36. The Bertz CT molecular complexity index is 345. The molecule has 20 heavy (non-hydrogen) atoms. The Labute approximate surface area is 125 Å². The fourth-order valence-electron chi connectivity index (χ4n) is 2.51. The third kappa shape index (κ3) is 4.04. The predicted octanol–water partition coefficient (Wildman–Crippen LogP) is 2.71. The van der Waals surface area contributed by atoms with Gasteiger partial charge in [-0.3, -0.25) is 0 Å². The number of thioether (sulfide) groups is 1. The van der Waals surface area contributed by atoms with E-state index in [9.17, 15) is 14.7 Å². The van der Waals surface area contributed by atoms with Crippen LogP contribution in [0.25, 0.3) is 0 Å². The maximum absolute atomic E-state index is 12.7. The van der Waals surface area contributed by atoms with Gasteiger partial charge in [0.2, 0.25) is 0 Å². The molecule has 0 aromatic heterocycles. The van der Waals surface area contributed by atoms with Gasteiger partial charge in [0.05, 0.1) is 5.88 Å². The fourth-order valence-corrected chi connectivity index (χ4v) is 3.65. The Morgan fingerprint density at radius 2 is 1.95 bits per heavy atom. The minimum atomic E-state index is -0.905. The molecule has 6 heteroatoms. The van der Waals surface area contributed by atoms with E-state index in [1.807, 2.05) is 4.90 Å². The minimum absolute atomic E-state index is 0.121. The number of urea groups is 1. The van der Waals surface area contributed by atoms with E-state index in [1.165, 1.54) is 16.7 Å². The minimum Gasteiger partial charge on any atom is -0.480 e. The summed E-state index contributed by atoms with van der Waals surface area (Å²) in [5, 5.41) is 9.22. The molecule has 0 aliphatic carbocycles. The monoisotopic (exact) mass is 302 g/mol. The standard InChI is InChI=1S/C14H26N2O3S/c1-5-11(6-2)15(7-10(3)4)14(19)16-9-20-8-12(16)13(17)18/h10-12H,5-9H2,1-4H3,(H,17,18). The van der Waals surface area contributed by atoms with E-state index in [4.69, 9.17) is 0 Å². The quantitative estimate of drug-likeness (QED) is 0.819. The summed E-state index contributed by atoms with van der Waals surface area (Å²) in [6, 6.07) is -0.619. The maximum atomic E-state index is 12.7. The molecule has 0 radical (unpaired) electrons. The molecule has 1 aliphatic rings. The molecule has 1 saturated heterocycles. The molecule has 1 N–H and O–H groups in total. The lowest BCUT2D eigenvalue weighted by Crippen LogP contribution is -2.52. The predicted molar refractivity (Wildman–Crippen MR) is 81.9 cm³/mol. The highest BCUT2D eigenvalue weighted by Gasteiger charge is 2.38. The number of amides is 2. The van der Waals surface area contributed by atoms with Crippen molar-refractivity contribution in [1.82, 2.24) is 9.80 Å². The number of aliphatic carboxylic acids is 1. The van der Waals surface area contributed by atoms with Crippen molar-refractivity contribution in [2.24, 2.45) is 5.92 Å². The molecule has 0 aromatic carbocycles. The van der Waals surface area contributed by atoms with Gasteiger partial charge in [-0.05, 0) is 18.8 Å². The first-order valence-electron chi connectivity index (χ1n) is 7.30. The summed E-state index contributed by atoms with van der Waals surface area (Å²) in [4.78, 5) is 27.3. The molecule has 1 rings (SSSR count). The average molecular weight is 302 g/mol. The second kappa shape index (κ2) is 7.76.